The van der Waals surface area contributed by atoms with E-state index in [-0.39, 0.29) is 6.61 Å². The Balaban J connectivity index is 2.97. The lowest BCUT2D eigenvalue weighted by molar-refractivity contribution is -0.145. The number of aryl methyl sites for hydroxylation is 2. The van der Waals surface area contributed by atoms with Gasteiger partial charge in [-0.1, -0.05) is 17.7 Å². The Bertz CT molecular complexity index is 498. The number of rotatable bonds is 5. The normalized spacial score (nSPS) is 13.7. The molecule has 0 fully saturated rings. The van der Waals surface area contributed by atoms with Crippen LogP contribution in [0.2, 0.25) is 0 Å². The Morgan fingerprint density at radius 3 is 2.47 bits per heavy atom. The third kappa shape index (κ3) is 3.54. The van der Waals surface area contributed by atoms with Gasteiger partial charge in [0.15, 0.2) is 5.54 Å². The summed E-state index contributed by atoms with van der Waals surface area (Å²) < 4.78 is 4.86. The highest BCUT2D eigenvalue weighted by molar-refractivity contribution is 5.98. The molecule has 19 heavy (non-hydrogen) atoms. The van der Waals surface area contributed by atoms with Crippen molar-refractivity contribution in [2.75, 3.05) is 13.7 Å². The number of methoxy groups -OCH3 is 1. The number of aliphatic carboxylic acids is 1. The molecule has 0 bridgehead atoms. The van der Waals surface area contributed by atoms with Crippen molar-refractivity contribution in [3.63, 3.8) is 0 Å². The van der Waals surface area contributed by atoms with Crippen LogP contribution in [0.3, 0.4) is 0 Å². The van der Waals surface area contributed by atoms with Crippen LogP contribution >= 0.6 is 0 Å². The first-order chi connectivity index (χ1) is 8.80. The third-order valence-electron chi connectivity index (χ3n) is 2.92. The second kappa shape index (κ2) is 5.84. The summed E-state index contributed by atoms with van der Waals surface area (Å²) in [5, 5.41) is 11.7. The molecule has 5 heteroatoms. The van der Waals surface area contributed by atoms with E-state index in [1.807, 2.05) is 26.0 Å². The number of amides is 1. The van der Waals surface area contributed by atoms with Crippen molar-refractivity contribution in [3.8, 4) is 0 Å². The number of ether oxygens (including phenoxy) is 1. The highest BCUT2D eigenvalue weighted by Crippen LogP contribution is 2.13. The first-order valence-corrected chi connectivity index (χ1v) is 5.92. The Labute approximate surface area is 112 Å². The Hall–Kier alpha value is -1.88. The van der Waals surface area contributed by atoms with Crippen LogP contribution in [-0.2, 0) is 9.53 Å². The molecule has 0 aromatic heterocycles. The molecule has 104 valence electrons. The Morgan fingerprint density at radius 1 is 1.37 bits per heavy atom. The van der Waals surface area contributed by atoms with Gasteiger partial charge in [-0.05, 0) is 32.4 Å². The van der Waals surface area contributed by atoms with Crippen molar-refractivity contribution in [1.29, 1.82) is 0 Å². The van der Waals surface area contributed by atoms with Crippen LogP contribution in [0.5, 0.6) is 0 Å². The number of carbonyl (C=O) groups is 2. The van der Waals surface area contributed by atoms with E-state index in [0.29, 0.717) is 5.56 Å². The van der Waals surface area contributed by atoms with Crippen LogP contribution in [0.15, 0.2) is 18.2 Å². The van der Waals surface area contributed by atoms with Crippen LogP contribution < -0.4 is 5.32 Å². The highest BCUT2D eigenvalue weighted by atomic mass is 16.5. The lowest BCUT2D eigenvalue weighted by Crippen LogP contribution is -2.55. The zero-order valence-corrected chi connectivity index (χ0v) is 11.6. The molecule has 0 aliphatic carbocycles. The quantitative estimate of drug-likeness (QED) is 0.846. The molecule has 2 N–H and O–H groups in total. The van der Waals surface area contributed by atoms with Crippen molar-refractivity contribution in [2.45, 2.75) is 26.3 Å². The summed E-state index contributed by atoms with van der Waals surface area (Å²) in [6.45, 7) is 5.07. The standard InChI is InChI=1S/C14H19NO4/c1-9-5-6-11(10(2)7-9)12(16)15-14(3,8-19-4)13(17)18/h5-7H,8H2,1-4H3,(H,15,16)(H,17,18). The van der Waals surface area contributed by atoms with E-state index < -0.39 is 17.4 Å². The minimum absolute atomic E-state index is 0.0982. The fourth-order valence-electron chi connectivity index (χ4n) is 1.83. The Kier molecular flexibility index (Phi) is 4.67. The topological polar surface area (TPSA) is 75.6 Å². The SMILES string of the molecule is COCC(C)(NC(=O)c1ccc(C)cc1C)C(=O)O. The van der Waals surface area contributed by atoms with Gasteiger partial charge in [0.05, 0.1) is 6.61 Å². The second-order valence-corrected chi connectivity index (χ2v) is 4.84. The molecule has 1 amide bonds. The van der Waals surface area contributed by atoms with Gasteiger partial charge in [-0.3, -0.25) is 4.79 Å². The number of hydrogen-bond acceptors (Lipinski definition) is 3. The van der Waals surface area contributed by atoms with Crippen molar-refractivity contribution >= 4 is 11.9 Å². The van der Waals surface area contributed by atoms with Gasteiger partial charge in [0.25, 0.3) is 5.91 Å². The fraction of sp³-hybridized carbons (Fsp3) is 0.429. The van der Waals surface area contributed by atoms with E-state index in [4.69, 9.17) is 4.74 Å². The molecular formula is C14H19NO4. The number of carboxylic acids is 1. The van der Waals surface area contributed by atoms with Gasteiger partial charge >= 0.3 is 5.97 Å². The van der Waals surface area contributed by atoms with E-state index in [2.05, 4.69) is 5.32 Å². The van der Waals surface area contributed by atoms with Crippen molar-refractivity contribution in [2.24, 2.45) is 0 Å². The molecule has 0 aliphatic heterocycles. The number of benzene rings is 1. The minimum Gasteiger partial charge on any atom is -0.479 e. The number of carboxylic acid groups (broad SMARTS) is 1. The maximum Gasteiger partial charge on any atom is 0.331 e. The molecule has 1 unspecified atom stereocenters. The third-order valence-corrected chi connectivity index (χ3v) is 2.92. The van der Waals surface area contributed by atoms with Crippen LogP contribution in [0.25, 0.3) is 0 Å². The molecule has 0 saturated heterocycles. The highest BCUT2D eigenvalue weighted by Gasteiger charge is 2.35. The Morgan fingerprint density at radius 2 is 2.00 bits per heavy atom. The van der Waals surface area contributed by atoms with Gasteiger partial charge in [0.1, 0.15) is 0 Å². The molecule has 1 rings (SSSR count). The number of carbonyl (C=O) groups excluding carboxylic acids is 1. The summed E-state index contributed by atoms with van der Waals surface area (Å²) in [5.41, 5.74) is 0.882. The van der Waals surface area contributed by atoms with E-state index in [1.165, 1.54) is 14.0 Å². The van der Waals surface area contributed by atoms with Crippen molar-refractivity contribution in [3.05, 3.63) is 34.9 Å². The summed E-state index contributed by atoms with van der Waals surface area (Å²) in [4.78, 5) is 23.4. The average molecular weight is 265 g/mol. The summed E-state index contributed by atoms with van der Waals surface area (Å²) in [6.07, 6.45) is 0. The van der Waals surface area contributed by atoms with Crippen molar-refractivity contribution in [1.82, 2.24) is 5.32 Å². The maximum atomic E-state index is 12.1. The molecule has 0 spiro atoms. The molecule has 0 saturated carbocycles. The van der Waals surface area contributed by atoms with Gasteiger partial charge in [-0.2, -0.15) is 0 Å². The molecule has 0 aliphatic rings. The predicted molar refractivity (Wildman–Crippen MR) is 71.3 cm³/mol. The zero-order chi connectivity index (χ0) is 14.6. The zero-order valence-electron chi connectivity index (χ0n) is 11.6. The summed E-state index contributed by atoms with van der Waals surface area (Å²) in [6, 6.07) is 5.38. The first kappa shape index (κ1) is 15.2. The van der Waals surface area contributed by atoms with E-state index in [1.54, 1.807) is 6.07 Å². The van der Waals surface area contributed by atoms with E-state index in [9.17, 15) is 14.7 Å². The predicted octanol–water partition coefficient (Wildman–Crippen LogP) is 1.52. The van der Waals surface area contributed by atoms with Gasteiger partial charge in [0, 0.05) is 12.7 Å². The van der Waals surface area contributed by atoms with Crippen LogP contribution in [-0.4, -0.2) is 36.2 Å². The lowest BCUT2D eigenvalue weighted by atomic mass is 10.0. The summed E-state index contributed by atoms with van der Waals surface area (Å²) in [7, 11) is 1.39. The van der Waals surface area contributed by atoms with Gasteiger partial charge < -0.3 is 15.2 Å². The molecule has 0 radical (unpaired) electrons. The second-order valence-electron chi connectivity index (χ2n) is 4.84. The first-order valence-electron chi connectivity index (χ1n) is 5.92. The largest absolute Gasteiger partial charge is 0.479 e. The van der Waals surface area contributed by atoms with Gasteiger partial charge in [-0.25, -0.2) is 4.79 Å². The molecule has 5 nitrogen and oxygen atoms in total. The van der Waals surface area contributed by atoms with Crippen molar-refractivity contribution < 1.29 is 19.4 Å². The summed E-state index contributed by atoms with van der Waals surface area (Å²) >= 11 is 0. The average Bonchev–Trinajstić information content (AvgIpc) is 2.28. The smallest absolute Gasteiger partial charge is 0.331 e. The van der Waals surface area contributed by atoms with Gasteiger partial charge in [0.2, 0.25) is 0 Å². The minimum atomic E-state index is -1.44. The van der Waals surface area contributed by atoms with E-state index in [0.717, 1.165) is 11.1 Å². The molecular weight excluding hydrogens is 246 g/mol. The molecule has 1 atom stereocenters. The monoisotopic (exact) mass is 265 g/mol. The lowest BCUT2D eigenvalue weighted by Gasteiger charge is -2.25. The van der Waals surface area contributed by atoms with Crippen LogP contribution in [0, 0.1) is 13.8 Å². The maximum absolute atomic E-state index is 12.1. The van der Waals surface area contributed by atoms with Crippen LogP contribution in [0.1, 0.15) is 28.4 Å². The number of hydrogen-bond donors (Lipinski definition) is 2. The molecule has 0 heterocycles. The number of nitrogens with one attached hydrogen (secondary N) is 1. The molecule has 1 aromatic rings. The molecule has 1 aromatic carbocycles. The summed E-state index contributed by atoms with van der Waals surface area (Å²) in [5.74, 6) is -1.55. The fourth-order valence-corrected chi connectivity index (χ4v) is 1.83. The van der Waals surface area contributed by atoms with Gasteiger partial charge in [-0.15, -0.1) is 0 Å². The van der Waals surface area contributed by atoms with E-state index >= 15 is 0 Å². The van der Waals surface area contributed by atoms with Crippen LogP contribution in [0.4, 0.5) is 0 Å².